The zero-order chi connectivity index (χ0) is 26.7. The number of nitrogens with zero attached hydrogens (tertiary/aromatic N) is 4. The van der Waals surface area contributed by atoms with Gasteiger partial charge in [-0.05, 0) is 19.1 Å². The van der Waals surface area contributed by atoms with Crippen molar-refractivity contribution in [3.63, 3.8) is 0 Å². The molecule has 37 heavy (non-hydrogen) atoms. The van der Waals surface area contributed by atoms with E-state index in [0.717, 1.165) is 6.33 Å². The van der Waals surface area contributed by atoms with Gasteiger partial charge in [-0.2, -0.15) is 21.6 Å². The summed E-state index contributed by atoms with van der Waals surface area (Å²) in [5, 5.41) is 12.2. The molecule has 2 aliphatic rings. The van der Waals surface area contributed by atoms with Crippen LogP contribution in [-0.4, -0.2) is 59.0 Å². The number of hydrogen-bond donors (Lipinski definition) is 1. The second-order valence-corrected chi connectivity index (χ2v) is 9.26. The van der Waals surface area contributed by atoms with E-state index in [-0.39, 0.29) is 40.3 Å². The highest BCUT2D eigenvalue weighted by atomic mass is 19.1. The lowest BCUT2D eigenvalue weighted by molar-refractivity contribution is -0.113. The number of carbonyl (C=O) groups is 1. The molecule has 2 aromatic rings. The van der Waals surface area contributed by atoms with Gasteiger partial charge in [0.05, 0.1) is 24.5 Å². The molecular weight excluding hydrogens is 484 g/mol. The minimum Gasteiger partial charge on any atom is -0.472 e. The van der Waals surface area contributed by atoms with Crippen LogP contribution in [0.15, 0.2) is 31.1 Å². The summed E-state index contributed by atoms with van der Waals surface area (Å²) in [6.07, 6.45) is 3.51. The molecule has 1 amide bonds. The lowest BCUT2D eigenvalue weighted by Gasteiger charge is -2.47. The van der Waals surface area contributed by atoms with Crippen LogP contribution in [0.1, 0.15) is 25.0 Å². The molecule has 2 bridgehead atoms. The maximum Gasteiger partial charge on any atom is 0.407 e. The molecule has 4 rings (SSSR count). The molecule has 2 fully saturated rings. The summed E-state index contributed by atoms with van der Waals surface area (Å²) in [7, 11) is 0. The normalized spacial score (nSPS) is 22.4. The maximum atomic E-state index is 15.4. The van der Waals surface area contributed by atoms with Gasteiger partial charge in [-0.25, -0.2) is 14.2 Å². The first-order valence-corrected chi connectivity index (χ1v) is 11.8. The van der Waals surface area contributed by atoms with Gasteiger partial charge in [-0.3, -0.25) is 6.42 Å². The molecule has 1 aromatic heterocycles. The van der Waals surface area contributed by atoms with Gasteiger partial charge in [0.15, 0.2) is 5.82 Å². The molecule has 2 aliphatic heterocycles. The molecule has 196 valence electrons. The predicted octanol–water partition coefficient (Wildman–Crippen LogP) is 4.31. The lowest BCUT2D eigenvalue weighted by Crippen LogP contribution is -2.59. The average molecular weight is 513 g/mol. The van der Waals surface area contributed by atoms with Crippen molar-refractivity contribution in [3.05, 3.63) is 60.3 Å². The lowest BCUT2D eigenvalue weighted by atomic mass is 9.84. The van der Waals surface area contributed by atoms with E-state index in [2.05, 4.69) is 21.9 Å². The van der Waals surface area contributed by atoms with E-state index < -0.39 is 29.4 Å². The smallest absolute Gasteiger partial charge is 0.407 e. The molecule has 1 N–H and O–H groups in total. The summed E-state index contributed by atoms with van der Waals surface area (Å²) in [6.45, 7) is 9.96. The Morgan fingerprint density at radius 2 is 2.05 bits per heavy atom. The highest BCUT2D eigenvalue weighted by molar-refractivity contribution is 5.69. The number of benzene rings is 1. The molecule has 11 heteroatoms. The van der Waals surface area contributed by atoms with Crippen LogP contribution >= 0.6 is 0 Å². The predicted molar refractivity (Wildman–Crippen MR) is 130 cm³/mol. The monoisotopic (exact) mass is 512 g/mol. The Bertz CT molecular complexity index is 1220. The number of piperidine rings is 1. The van der Waals surface area contributed by atoms with Crippen LogP contribution in [-0.2, 0) is 9.47 Å². The van der Waals surface area contributed by atoms with E-state index in [1.54, 1.807) is 31.2 Å². The number of halogens is 2. The Kier molecular flexibility index (Phi) is 7.59. The van der Waals surface area contributed by atoms with Crippen molar-refractivity contribution in [1.29, 1.82) is 5.26 Å². The number of carbonyl (C=O) groups excluding carboxylic acids is 1. The third kappa shape index (κ3) is 5.34. The fraction of sp³-hybridized carbons (Fsp3) is 0.423. The van der Waals surface area contributed by atoms with E-state index in [0.29, 0.717) is 26.3 Å². The van der Waals surface area contributed by atoms with Gasteiger partial charge in [0, 0.05) is 36.1 Å². The average Bonchev–Trinajstić information content (AvgIpc) is 2.88. The highest BCUT2D eigenvalue weighted by Crippen LogP contribution is 2.34. The van der Waals surface area contributed by atoms with Crippen LogP contribution in [0.2, 0.25) is 0 Å². The molecule has 0 saturated carbocycles. The van der Waals surface area contributed by atoms with Crippen LogP contribution in [0.5, 0.6) is 5.88 Å². The van der Waals surface area contributed by atoms with E-state index in [9.17, 15) is 14.4 Å². The Hall–Kier alpha value is -3.78. The summed E-state index contributed by atoms with van der Waals surface area (Å²) in [5.74, 6) is -2.36. The van der Waals surface area contributed by atoms with Crippen LogP contribution in [0.25, 0.3) is 0 Å². The van der Waals surface area contributed by atoms with Gasteiger partial charge < -0.3 is 24.4 Å². The number of fused-ring (bicyclic) bond motifs is 2. The van der Waals surface area contributed by atoms with Crippen molar-refractivity contribution in [2.24, 2.45) is 11.8 Å². The van der Waals surface area contributed by atoms with Gasteiger partial charge in [0.1, 0.15) is 24.3 Å². The summed E-state index contributed by atoms with van der Waals surface area (Å²) in [5.41, 5.74) is -0.503. The number of rotatable bonds is 7. The zero-order valence-corrected chi connectivity index (χ0v) is 20.8. The molecule has 3 atom stereocenters. The summed E-state index contributed by atoms with van der Waals surface area (Å²) in [6, 6.07) is 4.45. The first-order chi connectivity index (χ1) is 17.7. The molecule has 3 unspecified atom stereocenters. The highest BCUT2D eigenvalue weighted by Gasteiger charge is 2.44. The Labute approximate surface area is 214 Å². The second kappa shape index (κ2) is 10.7. The van der Waals surface area contributed by atoms with Crippen LogP contribution in [0.4, 0.5) is 25.1 Å². The van der Waals surface area contributed by atoms with Crippen LogP contribution < -0.4 is 10.1 Å². The van der Waals surface area contributed by atoms with Crippen LogP contribution in [0, 0.1) is 48.1 Å². The summed E-state index contributed by atoms with van der Waals surface area (Å²) < 4.78 is 46.5. The standard InChI is InChI=1S/C26H28F2N5O4/c1-5-26(4,6-2)37-25(34)33-10-16-12-35-13-17(11-33)22(16)36-24-21(28)23(30-14-31-24)32-20-8-7-19(27)15(3)18(20)9-29/h5-8,14,16-17,22H,1,10-13H2,2-4H3,(H,30,31,32)/q-1. The van der Waals surface area contributed by atoms with E-state index >= 15 is 4.39 Å². The molecular formula is C26H28F2N5O4-. The minimum absolute atomic E-state index is 0.0413. The number of anilines is 2. The molecule has 1 aromatic carbocycles. The van der Waals surface area contributed by atoms with Crippen molar-refractivity contribution in [3.8, 4) is 11.9 Å². The first-order valence-electron chi connectivity index (χ1n) is 11.8. The first kappa shape index (κ1) is 26.3. The number of aromatic nitrogens is 2. The van der Waals surface area contributed by atoms with E-state index in [1.807, 2.05) is 6.07 Å². The third-order valence-electron chi connectivity index (χ3n) is 6.82. The molecule has 0 aliphatic carbocycles. The SMILES string of the molecule is C=CC(C)([CH-]C)OC(=O)N1CC2COCC(C1)C2Oc1ncnc(Nc2ccc(F)c(C)c2C#N)c1F. The van der Waals surface area contributed by atoms with E-state index in [4.69, 9.17) is 14.2 Å². The van der Waals surface area contributed by atoms with Gasteiger partial charge in [0.2, 0.25) is 5.82 Å². The molecule has 0 radical (unpaired) electrons. The fourth-order valence-electron chi connectivity index (χ4n) is 4.43. The second-order valence-electron chi connectivity index (χ2n) is 9.26. The van der Waals surface area contributed by atoms with Gasteiger partial charge in [-0.1, -0.05) is 13.0 Å². The number of likely N-dealkylation sites (tertiary alicyclic amines) is 1. The minimum atomic E-state index is -0.891. The third-order valence-corrected chi connectivity index (χ3v) is 6.82. The molecule has 3 heterocycles. The van der Waals surface area contributed by atoms with E-state index in [1.165, 1.54) is 19.1 Å². The summed E-state index contributed by atoms with van der Waals surface area (Å²) >= 11 is 0. The largest absolute Gasteiger partial charge is 0.472 e. The van der Waals surface area contributed by atoms with Crippen molar-refractivity contribution in [2.75, 3.05) is 31.6 Å². The van der Waals surface area contributed by atoms with Crippen LogP contribution in [0.3, 0.4) is 0 Å². The molecule has 9 nitrogen and oxygen atoms in total. The van der Waals surface area contributed by atoms with Crippen molar-refractivity contribution >= 4 is 17.6 Å². The number of nitriles is 1. The maximum absolute atomic E-state index is 15.4. The van der Waals surface area contributed by atoms with Gasteiger partial charge in [0.25, 0.3) is 5.88 Å². The number of hydrogen-bond acceptors (Lipinski definition) is 8. The number of amides is 1. The van der Waals surface area contributed by atoms with Crippen molar-refractivity contribution < 1.29 is 27.8 Å². The topological polar surface area (TPSA) is 110 Å². The van der Waals surface area contributed by atoms with Crippen molar-refractivity contribution in [2.45, 2.75) is 32.5 Å². The Morgan fingerprint density at radius 3 is 2.68 bits per heavy atom. The van der Waals surface area contributed by atoms with Crippen molar-refractivity contribution in [1.82, 2.24) is 14.9 Å². The Balaban J connectivity index is 1.51. The van der Waals surface area contributed by atoms with Gasteiger partial charge in [-0.15, -0.1) is 6.58 Å². The molecule has 2 saturated heterocycles. The number of nitrogens with one attached hydrogen (secondary N) is 1. The quantitative estimate of drug-likeness (QED) is 0.432. The Morgan fingerprint density at radius 1 is 1.35 bits per heavy atom. The summed E-state index contributed by atoms with van der Waals surface area (Å²) in [4.78, 5) is 22.3. The fourth-order valence-corrected chi connectivity index (χ4v) is 4.43. The molecule has 0 spiro atoms. The van der Waals surface area contributed by atoms with Gasteiger partial charge >= 0.3 is 6.09 Å². The zero-order valence-electron chi connectivity index (χ0n) is 20.8. The number of ether oxygens (including phenoxy) is 3.